The van der Waals surface area contributed by atoms with E-state index in [0.29, 0.717) is 12.4 Å². The number of para-hydroxylation sites is 2. The normalized spacial score (nSPS) is 16.4. The van der Waals surface area contributed by atoms with Crippen LogP contribution in [-0.4, -0.2) is 21.6 Å². The van der Waals surface area contributed by atoms with E-state index >= 15 is 0 Å². The summed E-state index contributed by atoms with van der Waals surface area (Å²) in [6.07, 6.45) is 1.22. The lowest BCUT2D eigenvalue weighted by atomic mass is 10.2. The van der Waals surface area contributed by atoms with E-state index in [-0.39, 0.29) is 5.91 Å². The van der Waals surface area contributed by atoms with Crippen LogP contribution in [0.4, 0.5) is 5.95 Å². The molecule has 0 unspecified atom stereocenters. The van der Waals surface area contributed by atoms with Gasteiger partial charge in [-0.1, -0.05) is 12.1 Å². The van der Waals surface area contributed by atoms with Crippen LogP contribution in [0, 0.1) is 0 Å². The Bertz CT molecular complexity index is 581. The molecule has 1 N–H and O–H groups in total. The first-order valence-electron chi connectivity index (χ1n) is 5.56. The summed E-state index contributed by atoms with van der Waals surface area (Å²) in [4.78, 5) is 19.2. The van der Waals surface area contributed by atoms with E-state index in [0.717, 1.165) is 23.2 Å². The minimum absolute atomic E-state index is 0.0188. The van der Waals surface area contributed by atoms with Gasteiger partial charge < -0.3 is 4.98 Å². The second-order valence-corrected chi connectivity index (χ2v) is 4.12. The van der Waals surface area contributed by atoms with Gasteiger partial charge in [-0.3, -0.25) is 4.79 Å². The monoisotopic (exact) mass is 228 g/mol. The van der Waals surface area contributed by atoms with Gasteiger partial charge in [0.2, 0.25) is 11.9 Å². The molecule has 1 amide bonds. The summed E-state index contributed by atoms with van der Waals surface area (Å²) in [5.41, 5.74) is 2.70. The summed E-state index contributed by atoms with van der Waals surface area (Å²) >= 11 is 0. The van der Waals surface area contributed by atoms with E-state index in [4.69, 9.17) is 0 Å². The molecule has 5 heteroatoms. The Morgan fingerprint density at radius 1 is 1.29 bits per heavy atom. The van der Waals surface area contributed by atoms with Crippen molar-refractivity contribution in [3.8, 4) is 0 Å². The van der Waals surface area contributed by atoms with Crippen LogP contribution in [0.5, 0.6) is 0 Å². The number of benzene rings is 1. The molecule has 0 saturated carbocycles. The lowest BCUT2D eigenvalue weighted by molar-refractivity contribution is -0.118. The van der Waals surface area contributed by atoms with E-state index in [9.17, 15) is 4.79 Å². The maximum Gasteiger partial charge on any atom is 0.250 e. The molecule has 0 atom stereocenters. The van der Waals surface area contributed by atoms with Crippen molar-refractivity contribution in [2.24, 2.45) is 5.10 Å². The van der Waals surface area contributed by atoms with Gasteiger partial charge in [0, 0.05) is 12.1 Å². The van der Waals surface area contributed by atoms with E-state index < -0.39 is 0 Å². The highest BCUT2D eigenvalue weighted by atomic mass is 16.2. The number of hydrogen-bond acceptors (Lipinski definition) is 3. The molecule has 86 valence electrons. The number of nitrogens with one attached hydrogen (secondary N) is 1. The molecule has 0 fully saturated rings. The number of amides is 1. The predicted octanol–water partition coefficient (Wildman–Crippen LogP) is 2.07. The van der Waals surface area contributed by atoms with Gasteiger partial charge in [-0.15, -0.1) is 0 Å². The zero-order valence-electron chi connectivity index (χ0n) is 9.47. The molecular formula is C12H12N4O. The molecule has 17 heavy (non-hydrogen) atoms. The molecule has 0 saturated heterocycles. The third-order valence-electron chi connectivity index (χ3n) is 2.79. The van der Waals surface area contributed by atoms with Gasteiger partial charge in [-0.05, 0) is 25.5 Å². The Kier molecular flexibility index (Phi) is 2.18. The summed E-state index contributed by atoms with van der Waals surface area (Å²) in [6, 6.07) is 7.67. The molecule has 2 aromatic rings. The predicted molar refractivity (Wildman–Crippen MR) is 65.9 cm³/mol. The maximum atomic E-state index is 11.8. The number of aromatic amines is 1. The van der Waals surface area contributed by atoms with Crippen molar-refractivity contribution in [3.05, 3.63) is 24.3 Å². The van der Waals surface area contributed by atoms with Gasteiger partial charge in [0.25, 0.3) is 0 Å². The number of aromatic nitrogens is 2. The number of anilines is 1. The molecule has 5 nitrogen and oxygen atoms in total. The van der Waals surface area contributed by atoms with E-state index in [1.54, 1.807) is 0 Å². The molecule has 1 aromatic heterocycles. The Labute approximate surface area is 98.1 Å². The number of nitrogens with zero attached hydrogens (tertiary/aromatic N) is 3. The summed E-state index contributed by atoms with van der Waals surface area (Å²) in [5.74, 6) is 0.477. The number of hydrogen-bond donors (Lipinski definition) is 1. The number of imidazole rings is 1. The van der Waals surface area contributed by atoms with Crippen LogP contribution in [0.25, 0.3) is 11.0 Å². The number of carbonyl (C=O) groups is 1. The number of carbonyl (C=O) groups excluding carboxylic acids is 1. The van der Waals surface area contributed by atoms with Crippen molar-refractivity contribution in [2.45, 2.75) is 19.8 Å². The largest absolute Gasteiger partial charge is 0.322 e. The third kappa shape index (κ3) is 1.69. The van der Waals surface area contributed by atoms with Gasteiger partial charge in [0.1, 0.15) is 0 Å². The van der Waals surface area contributed by atoms with Gasteiger partial charge in [0.05, 0.1) is 11.0 Å². The van der Waals surface area contributed by atoms with Crippen LogP contribution < -0.4 is 5.01 Å². The second-order valence-electron chi connectivity index (χ2n) is 4.12. The highest BCUT2D eigenvalue weighted by Crippen LogP contribution is 2.20. The van der Waals surface area contributed by atoms with Crippen molar-refractivity contribution in [2.75, 3.05) is 5.01 Å². The highest BCUT2D eigenvalue weighted by Gasteiger charge is 2.22. The average Bonchev–Trinajstić information content (AvgIpc) is 2.75. The average molecular weight is 228 g/mol. The van der Waals surface area contributed by atoms with E-state index in [1.165, 1.54) is 5.01 Å². The first-order chi connectivity index (χ1) is 8.24. The van der Waals surface area contributed by atoms with Crippen molar-refractivity contribution < 1.29 is 4.79 Å². The van der Waals surface area contributed by atoms with Gasteiger partial charge >= 0.3 is 0 Å². The fourth-order valence-electron chi connectivity index (χ4n) is 1.88. The Morgan fingerprint density at radius 2 is 2.12 bits per heavy atom. The topological polar surface area (TPSA) is 61.4 Å². The molecule has 0 bridgehead atoms. The summed E-state index contributed by atoms with van der Waals surface area (Å²) in [5, 5.41) is 5.60. The number of H-pyrrole nitrogens is 1. The molecule has 0 aliphatic carbocycles. The van der Waals surface area contributed by atoms with Crippen LogP contribution in [-0.2, 0) is 4.79 Å². The van der Waals surface area contributed by atoms with Crippen molar-refractivity contribution in [1.82, 2.24) is 9.97 Å². The zero-order chi connectivity index (χ0) is 11.8. The Morgan fingerprint density at radius 3 is 2.94 bits per heavy atom. The van der Waals surface area contributed by atoms with Gasteiger partial charge in [-0.2, -0.15) is 10.1 Å². The molecular weight excluding hydrogens is 216 g/mol. The second kappa shape index (κ2) is 3.69. The molecule has 1 aromatic carbocycles. The van der Waals surface area contributed by atoms with Crippen LogP contribution >= 0.6 is 0 Å². The van der Waals surface area contributed by atoms with Crippen LogP contribution in [0.2, 0.25) is 0 Å². The smallest absolute Gasteiger partial charge is 0.250 e. The maximum absolute atomic E-state index is 11.8. The lowest BCUT2D eigenvalue weighted by Crippen LogP contribution is -2.31. The molecule has 1 aliphatic rings. The van der Waals surface area contributed by atoms with Gasteiger partial charge in [-0.25, -0.2) is 4.98 Å². The minimum atomic E-state index is -0.0188. The number of hydrazone groups is 1. The van der Waals surface area contributed by atoms with Crippen molar-refractivity contribution in [3.63, 3.8) is 0 Å². The zero-order valence-corrected chi connectivity index (χ0v) is 9.47. The van der Waals surface area contributed by atoms with Crippen molar-refractivity contribution >= 4 is 28.6 Å². The molecule has 1 aliphatic heterocycles. The fraction of sp³-hybridized carbons (Fsp3) is 0.250. The first kappa shape index (κ1) is 10.0. The molecule has 0 spiro atoms. The quantitative estimate of drug-likeness (QED) is 0.812. The molecule has 2 heterocycles. The third-order valence-corrected chi connectivity index (χ3v) is 2.79. The number of fused-ring (bicyclic) bond motifs is 1. The highest BCUT2D eigenvalue weighted by molar-refractivity contribution is 6.00. The minimum Gasteiger partial charge on any atom is -0.322 e. The Balaban J connectivity index is 2.08. The van der Waals surface area contributed by atoms with Crippen molar-refractivity contribution in [1.29, 1.82) is 0 Å². The van der Waals surface area contributed by atoms with E-state index in [1.807, 2.05) is 31.2 Å². The van der Waals surface area contributed by atoms with E-state index in [2.05, 4.69) is 15.1 Å². The van der Waals surface area contributed by atoms with Crippen LogP contribution in [0.1, 0.15) is 19.8 Å². The number of rotatable bonds is 1. The standard InChI is InChI=1S/C12H12N4O/c1-8-6-7-11(17)16(15-8)12-13-9-4-2-3-5-10(9)14-12/h2-5H,6-7H2,1H3,(H,13,14). The fourth-order valence-corrected chi connectivity index (χ4v) is 1.88. The summed E-state index contributed by atoms with van der Waals surface area (Å²) in [7, 11) is 0. The van der Waals surface area contributed by atoms with Gasteiger partial charge in [0.15, 0.2) is 0 Å². The summed E-state index contributed by atoms with van der Waals surface area (Å²) in [6.45, 7) is 1.92. The lowest BCUT2D eigenvalue weighted by Gasteiger charge is -2.19. The SMILES string of the molecule is CC1=NN(c2nc3ccccc3[nH]2)C(=O)CC1. The molecule has 3 rings (SSSR count). The first-order valence-corrected chi connectivity index (χ1v) is 5.56. The van der Waals surface area contributed by atoms with Crippen LogP contribution in [0.15, 0.2) is 29.4 Å². The van der Waals surface area contributed by atoms with Crippen LogP contribution in [0.3, 0.4) is 0 Å². The summed E-state index contributed by atoms with van der Waals surface area (Å²) < 4.78 is 0. The Hall–Kier alpha value is -2.17. The molecule has 0 radical (unpaired) electrons.